The summed E-state index contributed by atoms with van der Waals surface area (Å²) in [6.07, 6.45) is 6.25. The maximum absolute atomic E-state index is 13.5. The van der Waals surface area contributed by atoms with Gasteiger partial charge in [0, 0.05) is 36.9 Å². The van der Waals surface area contributed by atoms with Gasteiger partial charge in [0.15, 0.2) is 0 Å². The molecule has 1 N–H and O–H groups in total. The number of amides is 2. The Bertz CT molecular complexity index is 947. The maximum Gasteiger partial charge on any atom is 0.498 e. The summed E-state index contributed by atoms with van der Waals surface area (Å²) in [4.78, 5) is 36.4. The predicted octanol–water partition coefficient (Wildman–Crippen LogP) is 3.48. The molecule has 0 spiro atoms. The van der Waals surface area contributed by atoms with Gasteiger partial charge in [0.2, 0.25) is 5.91 Å². The summed E-state index contributed by atoms with van der Waals surface area (Å²) in [5.41, 5.74) is -0.776. The third-order valence-electron chi connectivity index (χ3n) is 7.37. The summed E-state index contributed by atoms with van der Waals surface area (Å²) in [5.74, 6) is -0.164. The van der Waals surface area contributed by atoms with Gasteiger partial charge in [-0.1, -0.05) is 13.8 Å². The Morgan fingerprint density at radius 1 is 1.13 bits per heavy atom. The van der Waals surface area contributed by atoms with Crippen molar-refractivity contribution in [1.29, 1.82) is 0 Å². The van der Waals surface area contributed by atoms with E-state index in [1.807, 2.05) is 46.4 Å². The number of hydrogen-bond acceptors (Lipinski definition) is 8. The Hall–Kier alpha value is -2.40. The van der Waals surface area contributed by atoms with Crippen molar-refractivity contribution in [3.63, 3.8) is 0 Å². The number of likely N-dealkylation sites (tertiary alicyclic amines) is 1. The SMILES string of the molecule is CC(C)C(NC(=O)OC(C)(C)C)C(=O)N1CCCCC1CCOc1ncc(B2OC(C)(C)C(C)(C)O2)cn1. The number of rotatable bonds is 8. The smallest absolute Gasteiger partial charge is 0.463 e. The maximum atomic E-state index is 13.5. The Labute approximate surface area is 227 Å². The minimum atomic E-state index is -0.655. The molecule has 2 amide bonds. The van der Waals surface area contributed by atoms with Crippen LogP contribution < -0.4 is 15.5 Å². The molecule has 3 rings (SSSR count). The van der Waals surface area contributed by atoms with E-state index in [0.29, 0.717) is 19.6 Å². The molecule has 1 aromatic heterocycles. The highest BCUT2D eigenvalue weighted by molar-refractivity contribution is 6.61. The number of nitrogens with zero attached hydrogens (tertiary/aromatic N) is 3. The monoisotopic (exact) mass is 532 g/mol. The second-order valence-electron chi connectivity index (χ2n) is 12.6. The summed E-state index contributed by atoms with van der Waals surface area (Å²) in [5, 5.41) is 2.79. The molecule has 38 heavy (non-hydrogen) atoms. The lowest BCUT2D eigenvalue weighted by Gasteiger charge is -2.39. The van der Waals surface area contributed by atoms with Gasteiger partial charge in [-0.3, -0.25) is 4.79 Å². The lowest BCUT2D eigenvalue weighted by atomic mass is 9.81. The van der Waals surface area contributed by atoms with Crippen LogP contribution in [0.25, 0.3) is 0 Å². The summed E-state index contributed by atoms with van der Waals surface area (Å²) in [6.45, 7) is 18.3. The third kappa shape index (κ3) is 7.59. The molecule has 2 atom stereocenters. The summed E-state index contributed by atoms with van der Waals surface area (Å²) >= 11 is 0. The molecule has 2 unspecified atom stereocenters. The van der Waals surface area contributed by atoms with Gasteiger partial charge in [-0.25, -0.2) is 14.8 Å². The lowest BCUT2D eigenvalue weighted by molar-refractivity contribution is -0.138. The highest BCUT2D eigenvalue weighted by atomic mass is 16.7. The largest absolute Gasteiger partial charge is 0.498 e. The van der Waals surface area contributed by atoms with Crippen LogP contribution >= 0.6 is 0 Å². The van der Waals surface area contributed by atoms with Crippen LogP contribution in [0.2, 0.25) is 0 Å². The number of ether oxygens (including phenoxy) is 2. The van der Waals surface area contributed by atoms with Gasteiger partial charge in [0.05, 0.1) is 17.8 Å². The van der Waals surface area contributed by atoms with Gasteiger partial charge in [0.25, 0.3) is 0 Å². The normalized spacial score (nSPS) is 21.8. The molecular formula is C27H45BN4O6. The van der Waals surface area contributed by atoms with Crippen molar-refractivity contribution in [3.05, 3.63) is 12.4 Å². The van der Waals surface area contributed by atoms with E-state index in [9.17, 15) is 9.59 Å². The third-order valence-corrected chi connectivity index (χ3v) is 7.37. The number of aromatic nitrogens is 2. The van der Waals surface area contributed by atoms with E-state index in [1.54, 1.807) is 33.2 Å². The molecule has 2 saturated heterocycles. The van der Waals surface area contributed by atoms with Crippen LogP contribution in [-0.4, -0.2) is 76.0 Å². The van der Waals surface area contributed by atoms with Crippen molar-refractivity contribution in [2.75, 3.05) is 13.2 Å². The highest BCUT2D eigenvalue weighted by Gasteiger charge is 2.52. The fourth-order valence-corrected chi connectivity index (χ4v) is 4.51. The molecule has 2 aliphatic heterocycles. The Morgan fingerprint density at radius 3 is 2.29 bits per heavy atom. The Morgan fingerprint density at radius 2 is 1.74 bits per heavy atom. The molecule has 212 valence electrons. The molecule has 3 heterocycles. The van der Waals surface area contributed by atoms with Crippen LogP contribution in [0.4, 0.5) is 4.79 Å². The highest BCUT2D eigenvalue weighted by Crippen LogP contribution is 2.36. The van der Waals surface area contributed by atoms with Crippen LogP contribution in [0.3, 0.4) is 0 Å². The number of carbonyl (C=O) groups is 2. The molecule has 10 nitrogen and oxygen atoms in total. The van der Waals surface area contributed by atoms with Gasteiger partial charge in [-0.05, 0) is 73.6 Å². The first-order chi connectivity index (χ1) is 17.6. The lowest BCUT2D eigenvalue weighted by Crippen LogP contribution is -2.56. The fourth-order valence-electron chi connectivity index (χ4n) is 4.51. The summed E-state index contributed by atoms with van der Waals surface area (Å²) in [7, 11) is -0.529. The van der Waals surface area contributed by atoms with Crippen molar-refractivity contribution in [2.45, 2.75) is 117 Å². The molecule has 0 aromatic carbocycles. The quantitative estimate of drug-likeness (QED) is 0.507. The van der Waals surface area contributed by atoms with Gasteiger partial charge in [0.1, 0.15) is 11.6 Å². The van der Waals surface area contributed by atoms with E-state index in [1.165, 1.54) is 0 Å². The van der Waals surface area contributed by atoms with Gasteiger partial charge in [-0.2, -0.15) is 0 Å². The van der Waals surface area contributed by atoms with Crippen LogP contribution in [0, 0.1) is 5.92 Å². The minimum absolute atomic E-state index is 0.0157. The molecule has 0 bridgehead atoms. The first-order valence-corrected chi connectivity index (χ1v) is 13.7. The predicted molar refractivity (Wildman–Crippen MR) is 145 cm³/mol. The molecule has 0 radical (unpaired) electrons. The topological polar surface area (TPSA) is 112 Å². The van der Waals surface area contributed by atoms with E-state index >= 15 is 0 Å². The van der Waals surface area contributed by atoms with E-state index in [4.69, 9.17) is 18.8 Å². The van der Waals surface area contributed by atoms with Gasteiger partial charge >= 0.3 is 19.2 Å². The van der Waals surface area contributed by atoms with Crippen molar-refractivity contribution in [3.8, 4) is 6.01 Å². The van der Waals surface area contributed by atoms with Crippen LogP contribution in [0.5, 0.6) is 6.01 Å². The van der Waals surface area contributed by atoms with E-state index in [0.717, 1.165) is 24.7 Å². The number of hydrogen-bond donors (Lipinski definition) is 1. The van der Waals surface area contributed by atoms with E-state index in [2.05, 4.69) is 15.3 Å². The van der Waals surface area contributed by atoms with Crippen molar-refractivity contribution in [1.82, 2.24) is 20.2 Å². The molecular weight excluding hydrogens is 487 g/mol. The number of piperidine rings is 1. The fraction of sp³-hybridized carbons (Fsp3) is 0.778. The zero-order valence-corrected chi connectivity index (χ0v) is 24.5. The summed E-state index contributed by atoms with van der Waals surface area (Å²) in [6, 6.07) is -0.371. The zero-order valence-electron chi connectivity index (χ0n) is 24.5. The average molecular weight is 532 g/mol. The number of alkyl carbamates (subject to hydrolysis) is 1. The number of nitrogens with one attached hydrogen (secondary N) is 1. The van der Waals surface area contributed by atoms with Crippen molar-refractivity contribution >= 4 is 24.6 Å². The number of carbonyl (C=O) groups excluding carboxylic acids is 2. The second kappa shape index (κ2) is 11.8. The van der Waals surface area contributed by atoms with Crippen molar-refractivity contribution in [2.24, 2.45) is 5.92 Å². The molecule has 2 aliphatic rings. The first-order valence-electron chi connectivity index (χ1n) is 13.7. The van der Waals surface area contributed by atoms with Gasteiger partial charge in [-0.15, -0.1) is 0 Å². The van der Waals surface area contributed by atoms with Gasteiger partial charge < -0.3 is 29.0 Å². The Kier molecular flexibility index (Phi) is 9.34. The second-order valence-corrected chi connectivity index (χ2v) is 12.6. The first kappa shape index (κ1) is 30.2. The summed E-state index contributed by atoms with van der Waals surface area (Å²) < 4.78 is 23.3. The van der Waals surface area contributed by atoms with Crippen LogP contribution in [0.15, 0.2) is 12.4 Å². The molecule has 0 aliphatic carbocycles. The van der Waals surface area contributed by atoms with Crippen LogP contribution in [-0.2, 0) is 18.8 Å². The van der Waals surface area contributed by atoms with Crippen LogP contribution in [0.1, 0.15) is 88.0 Å². The van der Waals surface area contributed by atoms with E-state index in [-0.39, 0.29) is 23.9 Å². The zero-order chi connectivity index (χ0) is 28.3. The molecule has 1 aromatic rings. The average Bonchev–Trinajstić information content (AvgIpc) is 3.03. The van der Waals surface area contributed by atoms with E-state index < -0.39 is 36.1 Å². The molecule has 2 fully saturated rings. The minimum Gasteiger partial charge on any atom is -0.463 e. The van der Waals surface area contributed by atoms with Crippen molar-refractivity contribution < 1.29 is 28.4 Å². The standard InChI is InChI=1S/C27H45BN4O6/c1-18(2)21(31-24(34)36-25(3,4)5)22(33)32-14-11-10-12-20(32)13-15-35-23-29-16-19(17-30-23)28-37-26(6,7)27(8,9)38-28/h16-18,20-21H,10-15H2,1-9H3,(H,31,34). The molecule has 11 heteroatoms. The molecule has 0 saturated carbocycles. The Balaban J connectivity index is 1.56.